The van der Waals surface area contributed by atoms with Crippen molar-refractivity contribution in [3.05, 3.63) is 82.0 Å². The molecule has 2 amide bonds. The van der Waals surface area contributed by atoms with E-state index in [1.807, 2.05) is 35.4 Å². The number of anilines is 1. The molecule has 2 heterocycles. The van der Waals surface area contributed by atoms with Crippen LogP contribution < -0.4 is 4.90 Å². The standard InChI is InChI=1S/C29H30ClN5O2/c1-31-17-22-14-21(19-8-9-24(26(30)16-19)28(36)33(2)3)18-32-27(22)34-10-12-35(13-11-34)29(37)25-15-20-6-4-5-7-23(20)25/h4-9,14,16-18,25H,10-13,15H2,1-3H3/b31-17-. The van der Waals surface area contributed by atoms with Gasteiger partial charge in [-0.3, -0.25) is 14.6 Å². The number of benzene rings is 2. The predicted octanol–water partition coefficient (Wildman–Crippen LogP) is 4.14. The van der Waals surface area contributed by atoms with E-state index in [4.69, 9.17) is 16.6 Å². The Morgan fingerprint density at radius 1 is 1.05 bits per heavy atom. The summed E-state index contributed by atoms with van der Waals surface area (Å²) in [5.74, 6) is 0.933. The molecule has 7 nitrogen and oxygen atoms in total. The van der Waals surface area contributed by atoms with Crippen molar-refractivity contribution < 1.29 is 9.59 Å². The molecule has 2 aromatic carbocycles. The van der Waals surface area contributed by atoms with Crippen molar-refractivity contribution in [2.75, 3.05) is 52.2 Å². The second-order valence-electron chi connectivity index (χ2n) is 9.69. The van der Waals surface area contributed by atoms with Crippen LogP contribution >= 0.6 is 11.6 Å². The van der Waals surface area contributed by atoms with Crippen molar-refractivity contribution in [3.63, 3.8) is 0 Å². The summed E-state index contributed by atoms with van der Waals surface area (Å²) in [6.07, 6.45) is 4.47. The van der Waals surface area contributed by atoms with Crippen molar-refractivity contribution in [2.45, 2.75) is 12.3 Å². The van der Waals surface area contributed by atoms with Crippen LogP contribution in [0.2, 0.25) is 5.02 Å². The Kier molecular flexibility index (Phi) is 6.98. The smallest absolute Gasteiger partial charge is 0.254 e. The average molecular weight is 516 g/mol. The summed E-state index contributed by atoms with van der Waals surface area (Å²) in [7, 11) is 5.14. The maximum Gasteiger partial charge on any atom is 0.254 e. The zero-order valence-electron chi connectivity index (χ0n) is 21.3. The molecule has 1 saturated heterocycles. The number of nitrogens with zero attached hydrogens (tertiary/aromatic N) is 5. The lowest BCUT2D eigenvalue weighted by molar-refractivity contribution is -0.133. The van der Waals surface area contributed by atoms with Crippen molar-refractivity contribution in [1.82, 2.24) is 14.8 Å². The number of halogens is 1. The molecule has 1 aliphatic carbocycles. The first-order chi connectivity index (χ1) is 17.9. The minimum Gasteiger partial charge on any atom is -0.353 e. The van der Waals surface area contributed by atoms with Gasteiger partial charge in [0.2, 0.25) is 5.91 Å². The van der Waals surface area contributed by atoms with E-state index in [0.717, 1.165) is 28.9 Å². The normalized spacial score (nSPS) is 16.9. The lowest BCUT2D eigenvalue weighted by atomic mass is 9.77. The van der Waals surface area contributed by atoms with E-state index >= 15 is 0 Å². The number of hydrogen-bond acceptors (Lipinski definition) is 5. The van der Waals surface area contributed by atoms with Crippen LogP contribution in [-0.4, -0.2) is 80.1 Å². The predicted molar refractivity (Wildman–Crippen MR) is 148 cm³/mol. The first-order valence-electron chi connectivity index (χ1n) is 12.4. The number of pyridine rings is 1. The fraction of sp³-hybridized carbons (Fsp3) is 0.310. The van der Waals surface area contributed by atoms with Gasteiger partial charge >= 0.3 is 0 Å². The lowest BCUT2D eigenvalue weighted by Crippen LogP contribution is -2.51. The Balaban J connectivity index is 1.31. The Morgan fingerprint density at radius 3 is 2.49 bits per heavy atom. The van der Waals surface area contributed by atoms with Crippen LogP contribution in [-0.2, 0) is 11.2 Å². The van der Waals surface area contributed by atoms with Gasteiger partial charge in [-0.05, 0) is 41.3 Å². The van der Waals surface area contributed by atoms with Gasteiger partial charge in [-0.25, -0.2) is 4.98 Å². The Morgan fingerprint density at radius 2 is 1.81 bits per heavy atom. The third-order valence-electron chi connectivity index (χ3n) is 7.15. The molecule has 0 spiro atoms. The molecule has 3 aromatic rings. The van der Waals surface area contributed by atoms with Gasteiger partial charge in [0.25, 0.3) is 5.91 Å². The fourth-order valence-electron chi connectivity index (χ4n) is 5.08. The molecule has 0 N–H and O–H groups in total. The van der Waals surface area contributed by atoms with Gasteiger partial charge in [0.1, 0.15) is 5.82 Å². The summed E-state index contributed by atoms with van der Waals surface area (Å²) in [6.45, 7) is 2.76. The molecule has 0 bridgehead atoms. The minimum atomic E-state index is -0.136. The molecule has 1 aliphatic heterocycles. The summed E-state index contributed by atoms with van der Waals surface area (Å²) in [5.41, 5.74) is 5.59. The molecule has 2 aliphatic rings. The van der Waals surface area contributed by atoms with Gasteiger partial charge in [0, 0.05) is 70.9 Å². The SMILES string of the molecule is C/N=C\c1cc(-c2ccc(C(=O)N(C)C)c(Cl)c2)cnc1N1CCN(C(=O)C2Cc3ccccc32)CC1. The quantitative estimate of drug-likeness (QED) is 0.479. The number of amides is 2. The number of fused-ring (bicyclic) bond motifs is 1. The first-order valence-corrected chi connectivity index (χ1v) is 12.8. The van der Waals surface area contributed by atoms with Crippen LogP contribution in [0.4, 0.5) is 5.82 Å². The summed E-state index contributed by atoms with van der Waals surface area (Å²) in [4.78, 5) is 40.2. The second-order valence-corrected chi connectivity index (χ2v) is 10.1. The molecule has 0 radical (unpaired) electrons. The van der Waals surface area contributed by atoms with Crippen molar-refractivity contribution >= 4 is 35.4 Å². The van der Waals surface area contributed by atoms with Gasteiger partial charge in [-0.2, -0.15) is 0 Å². The van der Waals surface area contributed by atoms with Crippen LogP contribution in [0.3, 0.4) is 0 Å². The number of rotatable bonds is 5. The van der Waals surface area contributed by atoms with E-state index in [9.17, 15) is 9.59 Å². The Bertz CT molecular complexity index is 1380. The van der Waals surface area contributed by atoms with Gasteiger partial charge < -0.3 is 14.7 Å². The van der Waals surface area contributed by atoms with Crippen LogP contribution in [0.5, 0.6) is 0 Å². The van der Waals surface area contributed by atoms with E-state index in [-0.39, 0.29) is 17.7 Å². The third-order valence-corrected chi connectivity index (χ3v) is 7.46. The van der Waals surface area contributed by atoms with E-state index in [2.05, 4.69) is 22.0 Å². The molecular weight excluding hydrogens is 486 g/mol. The van der Waals surface area contributed by atoms with Crippen molar-refractivity contribution in [2.24, 2.45) is 4.99 Å². The average Bonchev–Trinajstić information content (AvgIpc) is 2.89. The van der Waals surface area contributed by atoms with Gasteiger partial charge in [0.05, 0.1) is 16.5 Å². The summed E-state index contributed by atoms with van der Waals surface area (Å²) >= 11 is 6.44. The number of carbonyl (C=O) groups is 2. The second kappa shape index (κ2) is 10.3. The maximum atomic E-state index is 13.1. The largest absolute Gasteiger partial charge is 0.353 e. The zero-order chi connectivity index (χ0) is 26.1. The summed E-state index contributed by atoms with van der Waals surface area (Å²) in [6, 6.07) is 15.7. The molecule has 5 rings (SSSR count). The van der Waals surface area contributed by atoms with Gasteiger partial charge in [-0.1, -0.05) is 41.9 Å². The topological polar surface area (TPSA) is 69.1 Å². The van der Waals surface area contributed by atoms with Crippen molar-refractivity contribution in [3.8, 4) is 11.1 Å². The molecule has 1 fully saturated rings. The molecule has 1 aromatic heterocycles. The fourth-order valence-corrected chi connectivity index (χ4v) is 5.34. The Hall–Kier alpha value is -3.71. The van der Waals surface area contributed by atoms with E-state index in [0.29, 0.717) is 36.8 Å². The highest BCUT2D eigenvalue weighted by atomic mass is 35.5. The highest BCUT2D eigenvalue weighted by Gasteiger charge is 2.36. The summed E-state index contributed by atoms with van der Waals surface area (Å²) < 4.78 is 0. The Labute approximate surface area is 222 Å². The van der Waals surface area contributed by atoms with Crippen LogP contribution in [0.15, 0.2) is 59.7 Å². The number of carbonyl (C=O) groups excluding carboxylic acids is 2. The summed E-state index contributed by atoms with van der Waals surface area (Å²) in [5, 5.41) is 0.404. The molecule has 0 saturated carbocycles. The molecule has 8 heteroatoms. The third kappa shape index (κ3) is 4.83. The number of hydrogen-bond donors (Lipinski definition) is 0. The first kappa shape index (κ1) is 25.0. The van der Waals surface area contributed by atoms with Gasteiger partial charge in [0.15, 0.2) is 0 Å². The van der Waals surface area contributed by atoms with E-state index < -0.39 is 0 Å². The van der Waals surface area contributed by atoms with Crippen LogP contribution in [0, 0.1) is 0 Å². The van der Waals surface area contributed by atoms with E-state index in [1.54, 1.807) is 39.5 Å². The van der Waals surface area contributed by atoms with E-state index in [1.165, 1.54) is 16.0 Å². The molecular formula is C29H30ClN5O2. The van der Waals surface area contributed by atoms with Crippen LogP contribution in [0.1, 0.15) is 33.0 Å². The van der Waals surface area contributed by atoms with Crippen molar-refractivity contribution in [1.29, 1.82) is 0 Å². The molecule has 190 valence electrons. The molecule has 1 atom stereocenters. The lowest BCUT2D eigenvalue weighted by Gasteiger charge is -2.39. The minimum absolute atomic E-state index is 0.00539. The molecule has 37 heavy (non-hydrogen) atoms. The highest BCUT2D eigenvalue weighted by molar-refractivity contribution is 6.34. The number of piperazine rings is 1. The van der Waals surface area contributed by atoms with Gasteiger partial charge in [-0.15, -0.1) is 0 Å². The molecule has 1 unspecified atom stereocenters. The highest BCUT2D eigenvalue weighted by Crippen LogP contribution is 2.36. The maximum absolute atomic E-state index is 13.1. The number of aliphatic imine (C=N–C) groups is 1. The zero-order valence-corrected chi connectivity index (χ0v) is 22.1. The number of aromatic nitrogens is 1. The van der Waals surface area contributed by atoms with Crippen LogP contribution in [0.25, 0.3) is 11.1 Å². The monoisotopic (exact) mass is 515 g/mol.